The first-order chi connectivity index (χ1) is 33.2. The zero-order chi connectivity index (χ0) is 49.9. The number of phosphoric acid groups is 1. The van der Waals surface area contributed by atoms with Crippen molar-refractivity contribution in [2.45, 2.75) is 226 Å². The van der Waals surface area contributed by atoms with E-state index in [-0.39, 0.29) is 25.9 Å². The van der Waals surface area contributed by atoms with Crippen LogP contribution in [0.4, 0.5) is 0 Å². The van der Waals surface area contributed by atoms with Gasteiger partial charge in [0, 0.05) is 19.3 Å². The third-order valence-corrected chi connectivity index (χ3v) is 11.7. The Hall–Kier alpha value is -3.34. The Balaban J connectivity index is 4.79. The van der Waals surface area contributed by atoms with E-state index in [4.69, 9.17) is 23.3 Å². The molecule has 3 atom stereocenters. The van der Waals surface area contributed by atoms with E-state index in [0.29, 0.717) is 19.3 Å². The zero-order valence-electron chi connectivity index (χ0n) is 42.8. The van der Waals surface area contributed by atoms with Crippen LogP contribution in [-0.4, -0.2) is 66.5 Å². The minimum Gasteiger partial charge on any atom is -0.462 e. The number of aliphatic hydroxyl groups is 1. The van der Waals surface area contributed by atoms with Crippen molar-refractivity contribution in [2.75, 3.05) is 26.4 Å². The molecule has 0 amide bonds. The summed E-state index contributed by atoms with van der Waals surface area (Å²) in [4.78, 5) is 48.3. The van der Waals surface area contributed by atoms with Gasteiger partial charge in [0.25, 0.3) is 0 Å². The second-order valence-corrected chi connectivity index (χ2v) is 18.8. The van der Waals surface area contributed by atoms with Gasteiger partial charge in [-0.2, -0.15) is 0 Å². The van der Waals surface area contributed by atoms with Gasteiger partial charge in [0.15, 0.2) is 6.10 Å². The largest absolute Gasteiger partial charge is 0.472 e. The molecule has 0 aromatic carbocycles. The summed E-state index contributed by atoms with van der Waals surface area (Å²) in [7, 11) is -4.76. The lowest BCUT2D eigenvalue weighted by Crippen LogP contribution is -2.30. The first-order valence-electron chi connectivity index (χ1n) is 26.5. The molecular formula is C56H95O11P. The topological polar surface area (TPSA) is 155 Å². The van der Waals surface area contributed by atoms with Gasteiger partial charge in [-0.15, -0.1) is 0 Å². The Morgan fingerprint density at radius 2 is 0.794 bits per heavy atom. The molecule has 0 aromatic heterocycles. The maximum absolute atomic E-state index is 12.8. The number of allylic oxidation sites excluding steroid dienone is 14. The molecule has 0 aliphatic heterocycles. The fourth-order valence-electron chi connectivity index (χ4n) is 6.72. The molecule has 0 bridgehead atoms. The normalized spacial score (nSPS) is 14.1. The fraction of sp³-hybridized carbons (Fsp3) is 0.696. The minimum absolute atomic E-state index is 0.134. The summed E-state index contributed by atoms with van der Waals surface area (Å²) in [6.07, 6.45) is 55.5. The average Bonchev–Trinajstić information content (AvgIpc) is 3.32. The van der Waals surface area contributed by atoms with Crippen LogP contribution in [0.15, 0.2) is 85.1 Å². The molecule has 68 heavy (non-hydrogen) atoms. The number of ether oxygens (including phenoxy) is 3. The van der Waals surface area contributed by atoms with Gasteiger partial charge in [-0.05, 0) is 103 Å². The van der Waals surface area contributed by atoms with Gasteiger partial charge in [-0.25, -0.2) is 4.57 Å². The highest BCUT2D eigenvalue weighted by Gasteiger charge is 2.28. The number of aliphatic hydroxyl groups excluding tert-OH is 1. The first-order valence-corrected chi connectivity index (χ1v) is 28.0. The van der Waals surface area contributed by atoms with E-state index in [2.05, 4.69) is 106 Å². The predicted octanol–water partition coefficient (Wildman–Crippen LogP) is 15.1. The van der Waals surface area contributed by atoms with E-state index < -0.39 is 57.8 Å². The van der Waals surface area contributed by atoms with Gasteiger partial charge in [0.1, 0.15) is 12.7 Å². The molecule has 3 unspecified atom stereocenters. The highest BCUT2D eigenvalue weighted by atomic mass is 31.2. The second kappa shape index (κ2) is 50.1. The van der Waals surface area contributed by atoms with Gasteiger partial charge in [-0.1, -0.05) is 176 Å². The first kappa shape index (κ1) is 64.7. The van der Waals surface area contributed by atoms with Crippen LogP contribution in [0.1, 0.15) is 213 Å². The third kappa shape index (κ3) is 47.7. The molecule has 0 radical (unpaired) electrons. The number of hydrogen-bond acceptors (Lipinski definition) is 10. The summed E-state index contributed by atoms with van der Waals surface area (Å²) >= 11 is 0. The maximum Gasteiger partial charge on any atom is 0.472 e. The predicted molar refractivity (Wildman–Crippen MR) is 279 cm³/mol. The molecule has 0 saturated carbocycles. The summed E-state index contributed by atoms with van der Waals surface area (Å²) < 4.78 is 39.3. The summed E-state index contributed by atoms with van der Waals surface area (Å²) in [5.74, 6) is -1.53. The Bertz CT molecular complexity index is 1460. The highest BCUT2D eigenvalue weighted by Crippen LogP contribution is 2.43. The van der Waals surface area contributed by atoms with Gasteiger partial charge < -0.3 is 24.2 Å². The Kier molecular flexibility index (Phi) is 47.6. The second-order valence-electron chi connectivity index (χ2n) is 17.3. The molecule has 0 aromatic rings. The molecule has 2 N–H and O–H groups in total. The van der Waals surface area contributed by atoms with Crippen LogP contribution in [0.2, 0.25) is 0 Å². The number of carbonyl (C=O) groups is 3. The molecule has 0 aliphatic rings. The van der Waals surface area contributed by atoms with Crippen molar-refractivity contribution in [3.05, 3.63) is 85.1 Å². The Morgan fingerprint density at radius 3 is 1.25 bits per heavy atom. The smallest absolute Gasteiger partial charge is 0.462 e. The van der Waals surface area contributed by atoms with Gasteiger partial charge in [0.2, 0.25) is 0 Å². The van der Waals surface area contributed by atoms with E-state index in [0.717, 1.165) is 141 Å². The van der Waals surface area contributed by atoms with Crippen LogP contribution in [0.3, 0.4) is 0 Å². The van der Waals surface area contributed by atoms with Crippen LogP contribution >= 0.6 is 7.82 Å². The van der Waals surface area contributed by atoms with Crippen LogP contribution < -0.4 is 0 Å². The van der Waals surface area contributed by atoms with Crippen molar-refractivity contribution >= 4 is 25.7 Å². The molecule has 0 fully saturated rings. The molecule has 0 aliphatic carbocycles. The fourth-order valence-corrected chi connectivity index (χ4v) is 7.50. The molecule has 0 rings (SSSR count). The van der Waals surface area contributed by atoms with Crippen molar-refractivity contribution in [3.8, 4) is 0 Å². The number of esters is 3. The molecule has 390 valence electrons. The zero-order valence-corrected chi connectivity index (χ0v) is 43.7. The highest BCUT2D eigenvalue weighted by molar-refractivity contribution is 7.47. The lowest BCUT2D eigenvalue weighted by molar-refractivity contribution is -0.161. The summed E-state index contributed by atoms with van der Waals surface area (Å²) in [6.45, 7) is 4.35. The maximum atomic E-state index is 12.8. The minimum atomic E-state index is -4.76. The summed E-state index contributed by atoms with van der Waals surface area (Å²) in [5.41, 5.74) is 0. The molecular weight excluding hydrogens is 880 g/mol. The molecule has 12 heteroatoms. The number of unbranched alkanes of at least 4 members (excludes halogenated alkanes) is 17. The number of rotatable bonds is 48. The van der Waals surface area contributed by atoms with Crippen molar-refractivity contribution < 1.29 is 52.2 Å². The molecule has 11 nitrogen and oxygen atoms in total. The van der Waals surface area contributed by atoms with Crippen molar-refractivity contribution in [1.82, 2.24) is 0 Å². The number of carbonyl (C=O) groups excluding carboxylic acids is 3. The van der Waals surface area contributed by atoms with E-state index in [1.807, 2.05) is 0 Å². The lowest BCUT2D eigenvalue weighted by atomic mass is 10.1. The van der Waals surface area contributed by atoms with E-state index in [9.17, 15) is 28.9 Å². The Labute approximate surface area is 413 Å². The van der Waals surface area contributed by atoms with Crippen LogP contribution in [0, 0.1) is 0 Å². The number of phosphoric ester groups is 1. The lowest BCUT2D eigenvalue weighted by Gasteiger charge is -2.21. The monoisotopic (exact) mass is 975 g/mol. The molecule has 0 saturated heterocycles. The van der Waals surface area contributed by atoms with E-state index in [1.165, 1.54) is 12.8 Å². The molecule has 0 heterocycles. The SMILES string of the molecule is CC/C=C\C/C=C\C/C=C\C/C=C\CCCCCCC(=O)OC(COC(=O)CCCCCCC/C=C\CCCC)COP(=O)(O)OCC(CO)OC(=O)CCCCCCC/C=C\C/C=C\CCC. The van der Waals surface area contributed by atoms with Gasteiger partial charge in [0.05, 0.1) is 19.8 Å². The summed E-state index contributed by atoms with van der Waals surface area (Å²) in [6, 6.07) is 0. The van der Waals surface area contributed by atoms with Crippen LogP contribution in [-0.2, 0) is 42.2 Å². The van der Waals surface area contributed by atoms with Gasteiger partial charge >= 0.3 is 25.7 Å². The number of hydrogen-bond donors (Lipinski definition) is 2. The van der Waals surface area contributed by atoms with Crippen LogP contribution in [0.5, 0.6) is 0 Å². The van der Waals surface area contributed by atoms with Gasteiger partial charge in [-0.3, -0.25) is 23.4 Å². The van der Waals surface area contributed by atoms with Crippen LogP contribution in [0.25, 0.3) is 0 Å². The van der Waals surface area contributed by atoms with Crippen molar-refractivity contribution in [3.63, 3.8) is 0 Å². The molecule has 0 spiro atoms. The Morgan fingerprint density at radius 1 is 0.426 bits per heavy atom. The van der Waals surface area contributed by atoms with Crippen molar-refractivity contribution in [2.24, 2.45) is 0 Å². The summed E-state index contributed by atoms with van der Waals surface area (Å²) in [5, 5.41) is 9.77. The standard InChI is InChI=1S/C56H95O11P/c1-4-7-10-13-16-19-22-24-25-26-27-29-32-35-38-41-44-47-56(60)67-53(49-63-54(58)45-42-39-36-33-30-21-18-15-12-9-6-3)51-65-68(61,62)64-50-52(48-57)66-55(59)46-43-40-37-34-31-28-23-20-17-14-11-8-5-2/h7,10-11,14-16,18-20,23-25,27,29,52-53,57H,4-6,8-9,12-13,17,21-22,26,28,30-51H2,1-3H3,(H,61,62)/b10-7-,14-11-,18-15-,19-16-,23-20-,25-24-,29-27-. The van der Waals surface area contributed by atoms with E-state index in [1.54, 1.807) is 0 Å². The quantitative estimate of drug-likeness (QED) is 0.0197. The third-order valence-electron chi connectivity index (χ3n) is 10.8. The average molecular weight is 975 g/mol. The van der Waals surface area contributed by atoms with E-state index >= 15 is 0 Å². The van der Waals surface area contributed by atoms with Crippen molar-refractivity contribution in [1.29, 1.82) is 0 Å².